The fourth-order valence-electron chi connectivity index (χ4n) is 4.67. The Bertz CT molecular complexity index is 1560. The van der Waals surface area contributed by atoms with Gasteiger partial charge in [0.2, 0.25) is 5.95 Å². The minimum atomic E-state index is -0.548. The zero-order valence-corrected chi connectivity index (χ0v) is 23.9. The molecule has 39 heavy (non-hydrogen) atoms. The Morgan fingerprint density at radius 3 is 2.54 bits per heavy atom. The number of para-hydroxylation sites is 1. The molecule has 0 saturated heterocycles. The molecule has 3 aromatic carbocycles. The molecule has 5 rings (SSSR count). The van der Waals surface area contributed by atoms with Crippen LogP contribution in [0.5, 0.6) is 11.5 Å². The maximum Gasteiger partial charge on any atom is 0.255 e. The minimum absolute atomic E-state index is 0.227. The van der Waals surface area contributed by atoms with Gasteiger partial charge in [-0.2, -0.15) is 10.1 Å². The molecular weight excluding hydrogens is 558 g/mol. The summed E-state index contributed by atoms with van der Waals surface area (Å²) >= 11 is 3.71. The lowest BCUT2D eigenvalue weighted by atomic mass is 9.94. The predicted molar refractivity (Wildman–Crippen MR) is 155 cm³/mol. The molecule has 2 N–H and O–H groups in total. The number of halogens is 1. The first kappa shape index (κ1) is 26.5. The Kier molecular flexibility index (Phi) is 7.70. The average molecular weight is 589 g/mol. The molecule has 1 unspecified atom stereocenters. The number of nitrogens with one attached hydrogen (secondary N) is 2. The van der Waals surface area contributed by atoms with E-state index in [-0.39, 0.29) is 5.91 Å². The SMILES string of the molecule is CCOc1cc(C2C(C(=O)Nc3ccccc3C)=C(C)Nc3ncnn32)cc(Br)c1OCc1ccccc1C. The molecule has 2 heterocycles. The number of rotatable bonds is 8. The van der Waals surface area contributed by atoms with Gasteiger partial charge < -0.3 is 20.1 Å². The van der Waals surface area contributed by atoms with Crippen molar-refractivity contribution in [3.8, 4) is 11.5 Å². The van der Waals surface area contributed by atoms with Crippen LogP contribution in [-0.4, -0.2) is 27.3 Å². The Hall–Kier alpha value is -4.11. The van der Waals surface area contributed by atoms with E-state index in [1.54, 1.807) is 4.68 Å². The molecular formula is C30H30BrN5O3. The van der Waals surface area contributed by atoms with Gasteiger partial charge in [-0.1, -0.05) is 42.5 Å². The number of nitrogens with zero attached hydrogens (tertiary/aromatic N) is 3. The van der Waals surface area contributed by atoms with Gasteiger partial charge in [-0.15, -0.1) is 0 Å². The van der Waals surface area contributed by atoms with Gasteiger partial charge in [-0.25, -0.2) is 4.68 Å². The second kappa shape index (κ2) is 11.3. The molecule has 4 aromatic rings. The smallest absolute Gasteiger partial charge is 0.255 e. The standard InChI is InChI=1S/C30H30BrN5O3/c1-5-38-25-15-22(14-23(31)28(25)39-16-21-12-8-6-10-18(21)2)27-26(20(4)34-30-32-17-33-36(27)30)29(37)35-24-13-9-7-11-19(24)3/h6-15,17,27H,5,16H2,1-4H3,(H,35,37)(H,32,33,34). The first-order valence-electron chi connectivity index (χ1n) is 12.7. The first-order chi connectivity index (χ1) is 18.9. The second-order valence-corrected chi connectivity index (χ2v) is 10.2. The molecule has 0 bridgehead atoms. The quantitative estimate of drug-likeness (QED) is 0.242. The van der Waals surface area contributed by atoms with Crippen molar-refractivity contribution in [3.05, 3.63) is 105 Å². The van der Waals surface area contributed by atoms with Crippen molar-refractivity contribution in [2.45, 2.75) is 40.3 Å². The summed E-state index contributed by atoms with van der Waals surface area (Å²) in [5.41, 5.74) is 6.00. The molecule has 1 aromatic heterocycles. The number of anilines is 2. The van der Waals surface area contributed by atoms with Gasteiger partial charge >= 0.3 is 0 Å². The van der Waals surface area contributed by atoms with E-state index in [0.717, 1.165) is 27.9 Å². The third-order valence-electron chi connectivity index (χ3n) is 6.71. The van der Waals surface area contributed by atoms with E-state index in [2.05, 4.69) is 49.6 Å². The summed E-state index contributed by atoms with van der Waals surface area (Å²) < 4.78 is 14.7. The third kappa shape index (κ3) is 5.40. The van der Waals surface area contributed by atoms with Crippen molar-refractivity contribution in [1.82, 2.24) is 14.8 Å². The van der Waals surface area contributed by atoms with Crippen molar-refractivity contribution in [1.29, 1.82) is 0 Å². The van der Waals surface area contributed by atoms with Crippen molar-refractivity contribution < 1.29 is 14.3 Å². The molecule has 1 aliphatic heterocycles. The number of carbonyl (C=O) groups excluding carboxylic acids is 1. The summed E-state index contributed by atoms with van der Waals surface area (Å²) in [5, 5.41) is 10.8. The lowest BCUT2D eigenvalue weighted by molar-refractivity contribution is -0.113. The average Bonchev–Trinajstić information content (AvgIpc) is 3.37. The number of hydrogen-bond donors (Lipinski definition) is 2. The number of carbonyl (C=O) groups is 1. The lowest BCUT2D eigenvalue weighted by Crippen LogP contribution is -2.31. The van der Waals surface area contributed by atoms with E-state index in [0.29, 0.717) is 46.4 Å². The third-order valence-corrected chi connectivity index (χ3v) is 7.30. The van der Waals surface area contributed by atoms with Crippen LogP contribution in [0.1, 0.15) is 42.1 Å². The van der Waals surface area contributed by atoms with Gasteiger partial charge in [0.25, 0.3) is 5.91 Å². The highest BCUT2D eigenvalue weighted by Crippen LogP contribution is 2.43. The van der Waals surface area contributed by atoms with Gasteiger partial charge in [-0.3, -0.25) is 4.79 Å². The number of aryl methyl sites for hydroxylation is 2. The van der Waals surface area contributed by atoms with Gasteiger partial charge in [0.15, 0.2) is 11.5 Å². The van der Waals surface area contributed by atoms with Crippen LogP contribution in [0.2, 0.25) is 0 Å². The number of hydrogen-bond acceptors (Lipinski definition) is 6. The molecule has 1 atom stereocenters. The van der Waals surface area contributed by atoms with E-state index < -0.39 is 6.04 Å². The predicted octanol–water partition coefficient (Wildman–Crippen LogP) is 6.56. The maximum atomic E-state index is 13.8. The summed E-state index contributed by atoms with van der Waals surface area (Å²) in [4.78, 5) is 18.1. The van der Waals surface area contributed by atoms with Crippen molar-refractivity contribution in [2.24, 2.45) is 0 Å². The summed E-state index contributed by atoms with van der Waals surface area (Å²) in [6, 6.07) is 19.1. The van der Waals surface area contributed by atoms with Gasteiger partial charge in [-0.05, 0) is 84.1 Å². The highest BCUT2D eigenvalue weighted by atomic mass is 79.9. The largest absolute Gasteiger partial charge is 0.490 e. The number of ether oxygens (including phenoxy) is 2. The Morgan fingerprint density at radius 2 is 1.79 bits per heavy atom. The molecule has 0 fully saturated rings. The van der Waals surface area contributed by atoms with Crippen LogP contribution in [0.4, 0.5) is 11.6 Å². The second-order valence-electron chi connectivity index (χ2n) is 9.34. The van der Waals surface area contributed by atoms with Gasteiger partial charge in [0.1, 0.15) is 19.0 Å². The first-order valence-corrected chi connectivity index (χ1v) is 13.5. The van der Waals surface area contributed by atoms with E-state index in [1.165, 1.54) is 6.33 Å². The Balaban J connectivity index is 1.54. The molecule has 1 amide bonds. The van der Waals surface area contributed by atoms with Crippen LogP contribution in [-0.2, 0) is 11.4 Å². The molecule has 0 saturated carbocycles. The molecule has 0 radical (unpaired) electrons. The topological polar surface area (TPSA) is 90.3 Å². The minimum Gasteiger partial charge on any atom is -0.490 e. The molecule has 200 valence electrons. The molecule has 9 heteroatoms. The maximum absolute atomic E-state index is 13.8. The number of amides is 1. The van der Waals surface area contributed by atoms with Crippen LogP contribution in [0, 0.1) is 13.8 Å². The van der Waals surface area contributed by atoms with Crippen LogP contribution >= 0.6 is 15.9 Å². The van der Waals surface area contributed by atoms with Crippen molar-refractivity contribution >= 4 is 33.5 Å². The zero-order chi connectivity index (χ0) is 27.5. The fourth-order valence-corrected chi connectivity index (χ4v) is 5.24. The van der Waals surface area contributed by atoms with Gasteiger partial charge in [0.05, 0.1) is 16.7 Å². The van der Waals surface area contributed by atoms with Gasteiger partial charge in [0, 0.05) is 11.4 Å². The molecule has 1 aliphatic rings. The van der Waals surface area contributed by atoms with Crippen LogP contribution < -0.4 is 20.1 Å². The molecule has 0 spiro atoms. The van der Waals surface area contributed by atoms with E-state index in [4.69, 9.17) is 9.47 Å². The number of benzene rings is 3. The number of allylic oxidation sites excluding steroid dienone is 1. The summed E-state index contributed by atoms with van der Waals surface area (Å²) in [6.45, 7) is 8.67. The monoisotopic (exact) mass is 587 g/mol. The lowest BCUT2D eigenvalue weighted by Gasteiger charge is -2.29. The molecule has 8 nitrogen and oxygen atoms in total. The summed E-state index contributed by atoms with van der Waals surface area (Å²) in [6.07, 6.45) is 1.48. The normalized spacial score (nSPS) is 14.4. The Labute approximate surface area is 236 Å². The van der Waals surface area contributed by atoms with Crippen molar-refractivity contribution in [2.75, 3.05) is 17.2 Å². The fraction of sp³-hybridized carbons (Fsp3) is 0.233. The van der Waals surface area contributed by atoms with E-state index in [1.807, 2.05) is 75.4 Å². The summed E-state index contributed by atoms with van der Waals surface area (Å²) in [7, 11) is 0. The number of fused-ring (bicyclic) bond motifs is 1. The highest BCUT2D eigenvalue weighted by Gasteiger charge is 2.34. The molecule has 0 aliphatic carbocycles. The van der Waals surface area contributed by atoms with Crippen LogP contribution in [0.15, 0.2) is 82.7 Å². The number of aromatic nitrogens is 3. The van der Waals surface area contributed by atoms with Crippen LogP contribution in [0.25, 0.3) is 0 Å². The van der Waals surface area contributed by atoms with Crippen molar-refractivity contribution in [3.63, 3.8) is 0 Å². The van der Waals surface area contributed by atoms with Crippen LogP contribution in [0.3, 0.4) is 0 Å². The summed E-state index contributed by atoms with van der Waals surface area (Å²) in [5.74, 6) is 1.50. The Morgan fingerprint density at radius 1 is 1.05 bits per heavy atom. The van der Waals surface area contributed by atoms with E-state index >= 15 is 0 Å². The highest BCUT2D eigenvalue weighted by molar-refractivity contribution is 9.10. The van der Waals surface area contributed by atoms with E-state index in [9.17, 15) is 4.79 Å². The zero-order valence-electron chi connectivity index (χ0n) is 22.3.